The lowest BCUT2D eigenvalue weighted by atomic mass is 10.1. The van der Waals surface area contributed by atoms with Crippen LogP contribution < -0.4 is 5.63 Å². The molecule has 0 fully saturated rings. The van der Waals surface area contributed by atoms with Crippen LogP contribution in [0.5, 0.6) is 0 Å². The molecule has 33 heavy (non-hydrogen) atoms. The number of rotatable bonds is 7. The van der Waals surface area contributed by atoms with Crippen molar-refractivity contribution < 1.29 is 23.5 Å². The maximum atomic E-state index is 13.5. The summed E-state index contributed by atoms with van der Waals surface area (Å²) < 4.78 is 20.0. The zero-order chi connectivity index (χ0) is 23.5. The van der Waals surface area contributed by atoms with Crippen molar-refractivity contribution in [1.82, 2.24) is 24.9 Å². The first-order chi connectivity index (χ1) is 15.8. The number of fused-ring (bicyclic) bond motifs is 1. The predicted molar refractivity (Wildman–Crippen MR) is 114 cm³/mol. The first-order valence-electron chi connectivity index (χ1n) is 9.90. The molecule has 10 nitrogen and oxygen atoms in total. The highest BCUT2D eigenvalue weighted by atomic mass is 19.1. The monoisotopic (exact) mass is 451 g/mol. The van der Waals surface area contributed by atoms with Crippen molar-refractivity contribution in [2.24, 2.45) is 0 Å². The molecule has 0 aliphatic heterocycles. The summed E-state index contributed by atoms with van der Waals surface area (Å²) in [4.78, 5) is 41.2. The van der Waals surface area contributed by atoms with Crippen molar-refractivity contribution in [2.45, 2.75) is 12.8 Å². The zero-order valence-electron chi connectivity index (χ0n) is 17.4. The topological polar surface area (TPSA) is 131 Å². The van der Waals surface area contributed by atoms with Crippen LogP contribution in [0.25, 0.3) is 16.7 Å². The van der Waals surface area contributed by atoms with Gasteiger partial charge in [0.15, 0.2) is 0 Å². The van der Waals surface area contributed by atoms with Crippen LogP contribution in [0.1, 0.15) is 32.8 Å². The molecule has 11 heteroatoms. The number of aromatic nitrogens is 4. The van der Waals surface area contributed by atoms with Crippen molar-refractivity contribution in [3.05, 3.63) is 82.0 Å². The molecule has 0 spiro atoms. The minimum atomic E-state index is -1.09. The molecule has 1 N–H and O–H groups in total. The predicted octanol–water partition coefficient (Wildman–Crippen LogP) is 2.31. The van der Waals surface area contributed by atoms with Gasteiger partial charge in [0, 0.05) is 25.2 Å². The van der Waals surface area contributed by atoms with E-state index in [9.17, 15) is 18.8 Å². The Morgan fingerprint density at radius 3 is 2.82 bits per heavy atom. The Kier molecular flexibility index (Phi) is 5.94. The van der Waals surface area contributed by atoms with Gasteiger partial charge in [0.05, 0.1) is 29.3 Å². The minimum Gasteiger partial charge on any atom is -0.478 e. The number of pyridine rings is 1. The van der Waals surface area contributed by atoms with Crippen LogP contribution in [-0.2, 0) is 6.42 Å². The second kappa shape index (κ2) is 8.99. The number of carbonyl (C=O) groups is 2. The number of carbonyl (C=O) groups excluding carboxylic acids is 1. The lowest BCUT2D eigenvalue weighted by Crippen LogP contribution is -2.31. The number of nitrogens with zero attached hydrogens (tertiary/aromatic N) is 5. The van der Waals surface area contributed by atoms with Gasteiger partial charge in [-0.1, -0.05) is 5.21 Å². The fraction of sp³-hybridized carbons (Fsp3) is 0.182. The number of benzene rings is 1. The lowest BCUT2D eigenvalue weighted by molar-refractivity contribution is 0.0695. The third-order valence-electron chi connectivity index (χ3n) is 4.97. The highest BCUT2D eigenvalue weighted by Gasteiger charge is 2.18. The van der Waals surface area contributed by atoms with Crippen molar-refractivity contribution in [1.29, 1.82) is 0 Å². The van der Waals surface area contributed by atoms with Crippen LogP contribution in [0.3, 0.4) is 0 Å². The van der Waals surface area contributed by atoms with Gasteiger partial charge in [-0.25, -0.2) is 18.7 Å². The first-order valence-corrected chi connectivity index (χ1v) is 9.90. The highest BCUT2D eigenvalue weighted by Crippen LogP contribution is 2.16. The van der Waals surface area contributed by atoms with E-state index < -0.39 is 23.3 Å². The Hall–Kier alpha value is -4.41. The maximum absolute atomic E-state index is 13.5. The SMILES string of the molecule is CN(CCCc1cn(-c2cncc(C(=O)O)c2)nn1)C(=O)c1cc2cc(F)ccc2oc1=O. The number of aromatic carboxylic acids is 1. The standard InChI is InChI=1S/C22H18FN5O5/c1-27(20(29)18-9-13-7-15(23)4-5-19(13)33-22(18)32)6-2-3-16-12-28(26-25-16)17-8-14(21(30)31)10-24-11-17/h4-5,7-12H,2-3,6H2,1H3,(H,30,31). The van der Waals surface area contributed by atoms with Crippen LogP contribution >= 0.6 is 0 Å². The van der Waals surface area contributed by atoms with Gasteiger partial charge in [-0.2, -0.15) is 0 Å². The summed E-state index contributed by atoms with van der Waals surface area (Å²) in [6.45, 7) is 0.322. The number of hydrogen-bond acceptors (Lipinski definition) is 7. The molecule has 0 saturated carbocycles. The summed E-state index contributed by atoms with van der Waals surface area (Å²) in [5.74, 6) is -2.13. The van der Waals surface area contributed by atoms with Crippen molar-refractivity contribution in [2.75, 3.05) is 13.6 Å². The molecule has 1 amide bonds. The molecule has 0 bridgehead atoms. The summed E-state index contributed by atoms with van der Waals surface area (Å²) in [5, 5.41) is 17.4. The molecule has 0 aliphatic rings. The zero-order valence-corrected chi connectivity index (χ0v) is 17.4. The van der Waals surface area contributed by atoms with Crippen LogP contribution in [-0.4, -0.2) is 55.5 Å². The van der Waals surface area contributed by atoms with E-state index in [2.05, 4.69) is 15.3 Å². The average molecular weight is 451 g/mol. The Morgan fingerprint density at radius 1 is 1.21 bits per heavy atom. The molecule has 3 aromatic heterocycles. The van der Waals surface area contributed by atoms with Gasteiger partial charge in [0.25, 0.3) is 5.91 Å². The lowest BCUT2D eigenvalue weighted by Gasteiger charge is -2.16. The van der Waals surface area contributed by atoms with Gasteiger partial charge in [-0.05, 0) is 43.2 Å². The number of aryl methyl sites for hydroxylation is 1. The van der Waals surface area contributed by atoms with E-state index >= 15 is 0 Å². The van der Waals surface area contributed by atoms with Crippen molar-refractivity contribution >= 4 is 22.8 Å². The molecule has 1 aromatic carbocycles. The number of carboxylic acid groups (broad SMARTS) is 1. The van der Waals surface area contributed by atoms with Gasteiger partial charge >= 0.3 is 11.6 Å². The van der Waals surface area contributed by atoms with E-state index in [4.69, 9.17) is 9.52 Å². The molecule has 3 heterocycles. The smallest absolute Gasteiger partial charge is 0.349 e. The molecule has 4 aromatic rings. The number of halogens is 1. The number of carboxylic acids is 1. The van der Waals surface area contributed by atoms with Gasteiger partial charge in [-0.15, -0.1) is 5.10 Å². The molecule has 0 radical (unpaired) electrons. The van der Waals surface area contributed by atoms with E-state index in [0.717, 1.165) is 0 Å². The molecular weight excluding hydrogens is 433 g/mol. The van der Waals surface area contributed by atoms with E-state index in [1.165, 1.54) is 52.3 Å². The summed E-state index contributed by atoms with van der Waals surface area (Å²) in [5.41, 5.74) is 0.370. The largest absolute Gasteiger partial charge is 0.478 e. The molecule has 168 valence electrons. The first kappa shape index (κ1) is 21.8. The van der Waals surface area contributed by atoms with E-state index in [-0.39, 0.29) is 16.7 Å². The normalized spacial score (nSPS) is 11.0. The third-order valence-corrected chi connectivity index (χ3v) is 4.97. The van der Waals surface area contributed by atoms with Gasteiger partial charge in [0.2, 0.25) is 0 Å². The van der Waals surface area contributed by atoms with Crippen molar-refractivity contribution in [3.8, 4) is 5.69 Å². The Morgan fingerprint density at radius 2 is 2.03 bits per heavy atom. The highest BCUT2D eigenvalue weighted by molar-refractivity contribution is 5.96. The van der Waals surface area contributed by atoms with Gasteiger partial charge in [-0.3, -0.25) is 9.78 Å². The Bertz CT molecular complexity index is 1410. The van der Waals surface area contributed by atoms with Gasteiger partial charge in [0.1, 0.15) is 17.0 Å². The Balaban J connectivity index is 1.39. The average Bonchev–Trinajstić information content (AvgIpc) is 3.27. The maximum Gasteiger partial charge on any atom is 0.349 e. The van der Waals surface area contributed by atoms with Crippen LogP contribution in [0.4, 0.5) is 4.39 Å². The van der Waals surface area contributed by atoms with Crippen LogP contribution in [0.2, 0.25) is 0 Å². The van der Waals surface area contributed by atoms with Gasteiger partial charge < -0.3 is 14.4 Å². The van der Waals surface area contributed by atoms with E-state index in [1.54, 1.807) is 13.2 Å². The van der Waals surface area contributed by atoms with Crippen LogP contribution in [0, 0.1) is 5.82 Å². The second-order valence-corrected chi connectivity index (χ2v) is 7.35. The quantitative estimate of drug-likeness (QED) is 0.424. The van der Waals surface area contributed by atoms with E-state index in [0.29, 0.717) is 36.2 Å². The molecule has 0 saturated heterocycles. The molecule has 0 aliphatic carbocycles. The van der Waals surface area contributed by atoms with E-state index in [1.807, 2.05) is 0 Å². The summed E-state index contributed by atoms with van der Waals surface area (Å²) >= 11 is 0. The molecular formula is C22H18FN5O5. The fourth-order valence-electron chi connectivity index (χ4n) is 3.26. The van der Waals surface area contributed by atoms with Crippen LogP contribution in [0.15, 0.2) is 58.1 Å². The summed E-state index contributed by atoms with van der Waals surface area (Å²) in [6.07, 6.45) is 5.38. The Labute approximate surface area is 185 Å². The fourth-order valence-corrected chi connectivity index (χ4v) is 3.26. The molecule has 4 rings (SSSR count). The van der Waals surface area contributed by atoms with Crippen molar-refractivity contribution in [3.63, 3.8) is 0 Å². The summed E-state index contributed by atoms with van der Waals surface area (Å²) in [7, 11) is 1.55. The molecule has 0 unspecified atom stereocenters. The minimum absolute atomic E-state index is 0.0330. The third kappa shape index (κ3) is 4.76. The molecule has 0 atom stereocenters. The number of amides is 1. The summed E-state index contributed by atoms with van der Waals surface area (Å²) in [6, 6.07) is 6.47. The second-order valence-electron chi connectivity index (χ2n) is 7.35. The number of hydrogen-bond donors (Lipinski definition) is 1.